The van der Waals surface area contributed by atoms with E-state index >= 15 is 0 Å². The number of hydrogen-bond donors (Lipinski definition) is 2. The molecule has 0 spiro atoms. The summed E-state index contributed by atoms with van der Waals surface area (Å²) in [4.78, 5) is 21.4. The molecule has 0 fully saturated rings. The zero-order chi connectivity index (χ0) is 17.6. The largest absolute Gasteiger partial charge is 0.294 e. The van der Waals surface area contributed by atoms with Gasteiger partial charge in [-0.15, -0.1) is 0 Å². The van der Waals surface area contributed by atoms with Gasteiger partial charge >= 0.3 is 0 Å². The van der Waals surface area contributed by atoms with Crippen molar-refractivity contribution in [3.63, 3.8) is 0 Å². The van der Waals surface area contributed by atoms with E-state index in [1.807, 2.05) is 0 Å². The molecule has 0 saturated carbocycles. The lowest BCUT2D eigenvalue weighted by Crippen LogP contribution is -2.20. The topological polar surface area (TPSA) is 158 Å². The fourth-order valence-corrected chi connectivity index (χ4v) is 2.97. The number of anilines is 1. The molecule has 124 valence electrons. The molecule has 0 radical (unpaired) electrons. The number of benzene rings is 1. The zero-order valence-electron chi connectivity index (χ0n) is 11.5. The van der Waals surface area contributed by atoms with Crippen molar-refractivity contribution >= 4 is 43.3 Å². The smallest absolute Gasteiger partial charge is 0.293 e. The maximum absolute atomic E-state index is 11.8. The number of amides is 1. The molecular weight excluding hydrogens is 352 g/mol. The maximum Gasteiger partial charge on any atom is 0.294 e. The first-order valence-corrected chi connectivity index (χ1v) is 8.79. The number of ketones is 1. The Kier molecular flexibility index (Phi) is 4.11. The normalized spacial score (nSPS) is 15.7. The molecule has 1 amide bonds. The third-order valence-corrected chi connectivity index (χ3v) is 4.55. The summed E-state index contributed by atoms with van der Waals surface area (Å²) in [5, 5.41) is 4.31. The lowest BCUT2D eigenvalue weighted by Gasteiger charge is -2.13. The lowest BCUT2D eigenvalue weighted by atomic mass is 10.2. The van der Waals surface area contributed by atoms with Crippen LogP contribution in [0.2, 0.25) is 0 Å². The van der Waals surface area contributed by atoms with Crippen LogP contribution in [0.15, 0.2) is 33.1 Å². The minimum atomic E-state index is -4.81. The monoisotopic (exact) mass is 362 g/mol. The molecule has 1 aromatic carbocycles. The molecule has 2 rings (SSSR count). The number of nitrogens with zero attached hydrogens (tertiary/aromatic N) is 2. The molecule has 1 aliphatic rings. The first-order chi connectivity index (χ1) is 10.4. The lowest BCUT2D eigenvalue weighted by molar-refractivity contribution is -0.117. The molecular formula is C11H10N2O8S2. The first-order valence-electron chi connectivity index (χ1n) is 5.91. The van der Waals surface area contributed by atoms with Crippen LogP contribution in [0.1, 0.15) is 13.3 Å². The van der Waals surface area contributed by atoms with Gasteiger partial charge in [-0.25, -0.2) is 0 Å². The average Bonchev–Trinajstić information content (AvgIpc) is 2.78. The van der Waals surface area contributed by atoms with Crippen LogP contribution in [-0.4, -0.2) is 43.3 Å². The summed E-state index contributed by atoms with van der Waals surface area (Å²) < 4.78 is 63.0. The molecule has 23 heavy (non-hydrogen) atoms. The van der Waals surface area contributed by atoms with E-state index in [0.29, 0.717) is 11.1 Å². The highest BCUT2D eigenvalue weighted by molar-refractivity contribution is 7.86. The summed E-state index contributed by atoms with van der Waals surface area (Å²) in [6.45, 7) is 1.17. The molecule has 12 heteroatoms. The molecule has 0 aromatic heterocycles. The summed E-state index contributed by atoms with van der Waals surface area (Å²) in [7, 11) is -9.63. The van der Waals surface area contributed by atoms with Crippen LogP contribution in [-0.2, 0) is 29.8 Å². The van der Waals surface area contributed by atoms with Crippen molar-refractivity contribution in [2.75, 3.05) is 5.01 Å². The second-order valence-electron chi connectivity index (χ2n) is 4.60. The third-order valence-electron chi connectivity index (χ3n) is 2.89. The molecule has 1 aromatic rings. The minimum Gasteiger partial charge on any atom is -0.293 e. The molecule has 0 atom stereocenters. The minimum absolute atomic E-state index is 0.0966. The van der Waals surface area contributed by atoms with Crippen LogP contribution in [0.4, 0.5) is 5.69 Å². The van der Waals surface area contributed by atoms with Gasteiger partial charge in [0.05, 0.1) is 21.9 Å². The van der Waals surface area contributed by atoms with Gasteiger partial charge in [0.1, 0.15) is 5.71 Å². The standard InChI is InChI=1S/C11H10N2O8S2/c1-6(14)10-5-11(15)13(12-10)7-2-8(22(16,17)18)4-9(3-7)23(19,20)21/h2-4H,5H2,1H3,(H,16,17,18)(H,19,20,21). The van der Waals surface area contributed by atoms with Gasteiger partial charge in [-0.1, -0.05) is 0 Å². The molecule has 0 saturated heterocycles. The van der Waals surface area contributed by atoms with Gasteiger partial charge in [0.25, 0.3) is 26.1 Å². The SMILES string of the molecule is CC(=O)C1=NN(c2cc(S(=O)(=O)O)cc(S(=O)(=O)O)c2)C(=O)C1. The van der Waals surface area contributed by atoms with Crippen LogP contribution in [0.3, 0.4) is 0 Å². The number of Topliss-reactive ketones (excluding diaryl/α,β-unsaturated/α-hetero) is 1. The number of carbonyl (C=O) groups excluding carboxylic acids is 2. The second-order valence-corrected chi connectivity index (χ2v) is 7.44. The van der Waals surface area contributed by atoms with Crippen molar-refractivity contribution in [2.45, 2.75) is 23.1 Å². The summed E-state index contributed by atoms with van der Waals surface area (Å²) in [5.74, 6) is -1.19. The van der Waals surface area contributed by atoms with Crippen molar-refractivity contribution in [3.05, 3.63) is 18.2 Å². The number of hydrogen-bond acceptors (Lipinski definition) is 7. The highest BCUT2D eigenvalue weighted by Gasteiger charge is 2.29. The van der Waals surface area contributed by atoms with Crippen molar-refractivity contribution in [2.24, 2.45) is 5.10 Å². The summed E-state index contributed by atoms with van der Waals surface area (Å²) in [6, 6.07) is 2.09. The molecule has 1 aliphatic heterocycles. The van der Waals surface area contributed by atoms with Gasteiger partial charge in [0.15, 0.2) is 5.78 Å². The van der Waals surface area contributed by atoms with Crippen molar-refractivity contribution in [3.8, 4) is 0 Å². The Morgan fingerprint density at radius 3 is 1.91 bits per heavy atom. The highest BCUT2D eigenvalue weighted by atomic mass is 32.2. The fraction of sp³-hybridized carbons (Fsp3) is 0.182. The summed E-state index contributed by atoms with van der Waals surface area (Å²) >= 11 is 0. The highest BCUT2D eigenvalue weighted by Crippen LogP contribution is 2.27. The third kappa shape index (κ3) is 3.61. The fourth-order valence-electron chi connectivity index (χ4n) is 1.80. The van der Waals surface area contributed by atoms with E-state index < -0.39 is 41.7 Å². The van der Waals surface area contributed by atoms with Crippen LogP contribution in [0.5, 0.6) is 0 Å². The van der Waals surface area contributed by atoms with E-state index in [0.717, 1.165) is 12.1 Å². The Morgan fingerprint density at radius 1 is 1.09 bits per heavy atom. The van der Waals surface area contributed by atoms with E-state index in [-0.39, 0.29) is 17.8 Å². The number of hydrazone groups is 1. The van der Waals surface area contributed by atoms with Gasteiger partial charge in [0, 0.05) is 6.92 Å². The van der Waals surface area contributed by atoms with E-state index in [9.17, 15) is 26.4 Å². The Bertz CT molecular complexity index is 896. The zero-order valence-corrected chi connectivity index (χ0v) is 13.1. The molecule has 1 heterocycles. The molecule has 0 bridgehead atoms. The molecule has 0 aliphatic carbocycles. The second kappa shape index (κ2) is 5.49. The van der Waals surface area contributed by atoms with Gasteiger partial charge in [-0.05, 0) is 18.2 Å². The summed E-state index contributed by atoms with van der Waals surface area (Å²) in [5.41, 5.74) is -0.435. The van der Waals surface area contributed by atoms with Gasteiger partial charge in [-0.2, -0.15) is 26.9 Å². The van der Waals surface area contributed by atoms with Crippen LogP contribution in [0.25, 0.3) is 0 Å². The Balaban J connectivity index is 2.68. The van der Waals surface area contributed by atoms with Crippen molar-refractivity contribution in [1.82, 2.24) is 0 Å². The molecule has 2 N–H and O–H groups in total. The predicted octanol–water partition coefficient (Wildman–Crippen LogP) is -0.138. The first kappa shape index (κ1) is 17.2. The Hall–Kier alpha value is -2.15. The van der Waals surface area contributed by atoms with Gasteiger partial charge in [-0.3, -0.25) is 18.7 Å². The molecule has 10 nitrogen and oxygen atoms in total. The van der Waals surface area contributed by atoms with E-state index in [4.69, 9.17) is 9.11 Å². The Labute approximate surface area is 130 Å². The van der Waals surface area contributed by atoms with Gasteiger partial charge < -0.3 is 0 Å². The van der Waals surface area contributed by atoms with E-state index in [1.165, 1.54) is 6.92 Å². The van der Waals surface area contributed by atoms with Crippen LogP contribution >= 0.6 is 0 Å². The van der Waals surface area contributed by atoms with E-state index in [2.05, 4.69) is 5.10 Å². The number of rotatable bonds is 4. The number of carbonyl (C=O) groups is 2. The Morgan fingerprint density at radius 2 is 1.57 bits per heavy atom. The van der Waals surface area contributed by atoms with E-state index in [1.54, 1.807) is 0 Å². The molecule has 0 unspecified atom stereocenters. The predicted molar refractivity (Wildman–Crippen MR) is 76.3 cm³/mol. The van der Waals surface area contributed by atoms with Crippen LogP contribution < -0.4 is 5.01 Å². The van der Waals surface area contributed by atoms with Gasteiger partial charge in [0.2, 0.25) is 0 Å². The quantitative estimate of drug-likeness (QED) is 0.700. The summed E-state index contributed by atoms with van der Waals surface area (Å²) in [6.07, 6.45) is -0.341. The van der Waals surface area contributed by atoms with Crippen molar-refractivity contribution < 1.29 is 35.5 Å². The van der Waals surface area contributed by atoms with Crippen LogP contribution in [0, 0.1) is 0 Å². The maximum atomic E-state index is 11.8. The average molecular weight is 362 g/mol. The van der Waals surface area contributed by atoms with Crippen molar-refractivity contribution in [1.29, 1.82) is 0 Å².